The first-order chi connectivity index (χ1) is 9.77. The monoisotopic (exact) mass is 295 g/mol. The van der Waals surface area contributed by atoms with E-state index in [9.17, 15) is 19.7 Å². The number of nitrogens with two attached hydrogens (primary N) is 1. The highest BCUT2D eigenvalue weighted by Crippen LogP contribution is 2.24. The van der Waals surface area contributed by atoms with Gasteiger partial charge in [-0.3, -0.25) is 14.9 Å². The molecule has 1 amide bonds. The van der Waals surface area contributed by atoms with Gasteiger partial charge in [-0.1, -0.05) is 13.8 Å². The lowest BCUT2D eigenvalue weighted by Crippen LogP contribution is -2.39. The molecule has 0 aromatic heterocycles. The van der Waals surface area contributed by atoms with Crippen molar-refractivity contribution in [3.8, 4) is 0 Å². The number of nitro groups is 1. The summed E-state index contributed by atoms with van der Waals surface area (Å²) in [5, 5.41) is 13.8. The second-order valence-electron chi connectivity index (χ2n) is 4.75. The fraction of sp³-hybridized carbons (Fsp3) is 0.385. The smallest absolute Gasteiger partial charge is 0.344 e. The summed E-state index contributed by atoms with van der Waals surface area (Å²) in [5.41, 5.74) is 5.10. The minimum Gasteiger partial charge on any atom is -0.465 e. The Morgan fingerprint density at radius 3 is 2.43 bits per heavy atom. The molecular weight excluding hydrogens is 278 g/mol. The van der Waals surface area contributed by atoms with Gasteiger partial charge in [0.1, 0.15) is 11.6 Å². The van der Waals surface area contributed by atoms with Crippen molar-refractivity contribution in [2.75, 3.05) is 12.4 Å². The van der Waals surface area contributed by atoms with Gasteiger partial charge in [0.2, 0.25) is 5.91 Å². The van der Waals surface area contributed by atoms with Crippen LogP contribution in [0.3, 0.4) is 0 Å². The van der Waals surface area contributed by atoms with Crippen molar-refractivity contribution in [2.24, 2.45) is 11.7 Å². The molecule has 0 radical (unpaired) electrons. The quantitative estimate of drug-likeness (QED) is 0.463. The van der Waals surface area contributed by atoms with E-state index in [2.05, 4.69) is 10.1 Å². The summed E-state index contributed by atoms with van der Waals surface area (Å²) in [6, 6.07) is 3.19. The number of amides is 1. The van der Waals surface area contributed by atoms with E-state index >= 15 is 0 Å². The topological polar surface area (TPSA) is 125 Å². The molecule has 21 heavy (non-hydrogen) atoms. The van der Waals surface area contributed by atoms with Crippen LogP contribution >= 0.6 is 0 Å². The molecule has 8 heteroatoms. The summed E-state index contributed by atoms with van der Waals surface area (Å²) < 4.78 is 4.52. The third kappa shape index (κ3) is 3.91. The number of carbonyl (C=O) groups excluding carboxylic acids is 2. The van der Waals surface area contributed by atoms with Crippen LogP contribution in [-0.2, 0) is 9.53 Å². The van der Waals surface area contributed by atoms with Gasteiger partial charge in [-0.15, -0.1) is 0 Å². The van der Waals surface area contributed by atoms with Gasteiger partial charge in [0.05, 0.1) is 12.0 Å². The van der Waals surface area contributed by atoms with Crippen LogP contribution in [0.15, 0.2) is 18.2 Å². The molecule has 1 aromatic rings. The molecule has 0 saturated carbocycles. The Hall–Kier alpha value is -2.64. The number of rotatable bonds is 6. The fourth-order valence-corrected chi connectivity index (χ4v) is 1.80. The molecule has 0 aliphatic carbocycles. The van der Waals surface area contributed by atoms with Crippen LogP contribution in [-0.4, -0.2) is 30.0 Å². The number of esters is 1. The third-order valence-electron chi connectivity index (χ3n) is 2.89. The highest BCUT2D eigenvalue weighted by atomic mass is 16.6. The maximum Gasteiger partial charge on any atom is 0.344 e. The standard InChI is InChI=1S/C13H17N3O5/c1-7(2)11(12(14)17)15-8-4-5-10(16(19)20)9(6-8)13(18)21-3/h4-7,11,15H,1-3H3,(H2,14,17). The van der Waals surface area contributed by atoms with Crippen molar-refractivity contribution in [1.29, 1.82) is 0 Å². The van der Waals surface area contributed by atoms with Crippen molar-refractivity contribution in [3.63, 3.8) is 0 Å². The number of hydrogen-bond acceptors (Lipinski definition) is 6. The first-order valence-corrected chi connectivity index (χ1v) is 6.20. The zero-order chi connectivity index (χ0) is 16.2. The molecular formula is C13H17N3O5. The lowest BCUT2D eigenvalue weighted by molar-refractivity contribution is -0.385. The van der Waals surface area contributed by atoms with E-state index in [4.69, 9.17) is 5.73 Å². The zero-order valence-electron chi connectivity index (χ0n) is 12.0. The average Bonchev–Trinajstić information content (AvgIpc) is 2.42. The van der Waals surface area contributed by atoms with E-state index in [0.717, 1.165) is 7.11 Å². The normalized spacial score (nSPS) is 11.8. The minimum atomic E-state index is -0.828. The number of hydrogen-bond donors (Lipinski definition) is 2. The predicted molar refractivity (Wildman–Crippen MR) is 75.9 cm³/mol. The van der Waals surface area contributed by atoms with Crippen molar-refractivity contribution >= 4 is 23.3 Å². The van der Waals surface area contributed by atoms with Crippen LogP contribution < -0.4 is 11.1 Å². The van der Waals surface area contributed by atoms with E-state index in [0.29, 0.717) is 5.69 Å². The van der Waals surface area contributed by atoms with Crippen LogP contribution in [0.2, 0.25) is 0 Å². The number of primary amides is 1. The average molecular weight is 295 g/mol. The largest absolute Gasteiger partial charge is 0.465 e. The van der Waals surface area contributed by atoms with Gasteiger partial charge in [-0.2, -0.15) is 0 Å². The molecule has 1 aromatic carbocycles. The molecule has 1 rings (SSSR count). The molecule has 0 aliphatic heterocycles. The molecule has 0 heterocycles. The van der Waals surface area contributed by atoms with E-state index < -0.39 is 22.8 Å². The van der Waals surface area contributed by atoms with Gasteiger partial charge in [0.25, 0.3) is 5.69 Å². The Labute approximate surface area is 121 Å². The van der Waals surface area contributed by atoms with Crippen molar-refractivity contribution < 1.29 is 19.2 Å². The molecule has 1 atom stereocenters. The number of carbonyl (C=O) groups is 2. The van der Waals surface area contributed by atoms with Crippen LogP contribution in [0.25, 0.3) is 0 Å². The fourth-order valence-electron chi connectivity index (χ4n) is 1.80. The predicted octanol–water partition coefficient (Wildman–Crippen LogP) is 1.30. The molecule has 0 saturated heterocycles. The van der Waals surface area contributed by atoms with Gasteiger partial charge in [0.15, 0.2) is 0 Å². The van der Waals surface area contributed by atoms with Gasteiger partial charge >= 0.3 is 5.97 Å². The van der Waals surface area contributed by atoms with E-state index in [1.807, 2.05) is 0 Å². The summed E-state index contributed by atoms with van der Waals surface area (Å²) in [6.07, 6.45) is 0. The SMILES string of the molecule is COC(=O)c1cc(NC(C(N)=O)C(C)C)ccc1[N+](=O)[O-]. The Morgan fingerprint density at radius 2 is 2.00 bits per heavy atom. The molecule has 0 aliphatic rings. The number of methoxy groups -OCH3 is 1. The Morgan fingerprint density at radius 1 is 1.38 bits per heavy atom. The number of nitro benzene ring substituents is 1. The Balaban J connectivity index is 3.19. The maximum atomic E-state index is 11.6. The first kappa shape index (κ1) is 16.4. The van der Waals surface area contributed by atoms with Gasteiger partial charge in [-0.05, 0) is 18.1 Å². The van der Waals surface area contributed by atoms with Crippen LogP contribution in [0.5, 0.6) is 0 Å². The number of anilines is 1. The van der Waals surface area contributed by atoms with E-state index in [-0.39, 0.29) is 17.2 Å². The number of nitrogens with one attached hydrogen (secondary N) is 1. The zero-order valence-corrected chi connectivity index (χ0v) is 12.0. The molecule has 0 bridgehead atoms. The van der Waals surface area contributed by atoms with Gasteiger partial charge < -0.3 is 15.8 Å². The first-order valence-electron chi connectivity index (χ1n) is 6.20. The number of nitrogens with zero attached hydrogens (tertiary/aromatic N) is 1. The van der Waals surface area contributed by atoms with Crippen molar-refractivity contribution in [3.05, 3.63) is 33.9 Å². The lowest BCUT2D eigenvalue weighted by atomic mass is 10.0. The summed E-state index contributed by atoms with van der Waals surface area (Å²) in [5.74, 6) is -1.47. The van der Waals surface area contributed by atoms with Crippen LogP contribution in [0.4, 0.5) is 11.4 Å². The lowest BCUT2D eigenvalue weighted by Gasteiger charge is -2.20. The second kappa shape index (κ2) is 6.69. The van der Waals surface area contributed by atoms with Crippen LogP contribution in [0.1, 0.15) is 24.2 Å². The number of ether oxygens (including phenoxy) is 1. The highest BCUT2D eigenvalue weighted by Gasteiger charge is 2.24. The molecule has 1 unspecified atom stereocenters. The molecule has 8 nitrogen and oxygen atoms in total. The summed E-state index contributed by atoms with van der Waals surface area (Å²) in [7, 11) is 1.13. The van der Waals surface area contributed by atoms with E-state index in [1.54, 1.807) is 13.8 Å². The summed E-state index contributed by atoms with van der Waals surface area (Å²) in [6.45, 7) is 3.60. The minimum absolute atomic E-state index is 0.0840. The van der Waals surface area contributed by atoms with Gasteiger partial charge in [-0.25, -0.2) is 4.79 Å². The highest BCUT2D eigenvalue weighted by molar-refractivity contribution is 5.95. The molecule has 114 valence electrons. The third-order valence-corrected chi connectivity index (χ3v) is 2.89. The van der Waals surface area contributed by atoms with Crippen LogP contribution in [0, 0.1) is 16.0 Å². The van der Waals surface area contributed by atoms with Crippen molar-refractivity contribution in [2.45, 2.75) is 19.9 Å². The Kier molecular flexibility index (Phi) is 5.23. The summed E-state index contributed by atoms with van der Waals surface area (Å²) in [4.78, 5) is 33.2. The molecule has 0 spiro atoms. The summed E-state index contributed by atoms with van der Waals surface area (Å²) >= 11 is 0. The van der Waals surface area contributed by atoms with E-state index in [1.165, 1.54) is 18.2 Å². The Bertz CT molecular complexity index is 571. The van der Waals surface area contributed by atoms with Crippen molar-refractivity contribution in [1.82, 2.24) is 0 Å². The number of benzene rings is 1. The second-order valence-corrected chi connectivity index (χ2v) is 4.75. The van der Waals surface area contributed by atoms with Gasteiger partial charge in [0, 0.05) is 11.8 Å². The molecule has 3 N–H and O–H groups in total. The molecule has 0 fully saturated rings. The maximum absolute atomic E-state index is 11.6.